The lowest BCUT2D eigenvalue weighted by atomic mass is 10.1. The number of methoxy groups -OCH3 is 1. The maximum atomic E-state index is 13.1. The minimum absolute atomic E-state index is 0.0305. The van der Waals surface area contributed by atoms with Crippen LogP contribution in [-0.4, -0.2) is 73.8 Å². The van der Waals surface area contributed by atoms with Crippen molar-refractivity contribution in [1.82, 2.24) is 15.1 Å². The zero-order chi connectivity index (χ0) is 20.0. The van der Waals surface area contributed by atoms with Crippen LogP contribution in [0, 0.1) is 0 Å². The zero-order valence-electron chi connectivity index (χ0n) is 16.9. The molecule has 1 aromatic rings. The minimum atomic E-state index is -0.551. The number of nitrogens with one attached hydrogen (secondary N) is 1. The van der Waals surface area contributed by atoms with E-state index in [4.69, 9.17) is 9.47 Å². The molecule has 1 fully saturated rings. The van der Waals surface area contributed by atoms with E-state index in [1.807, 2.05) is 57.0 Å². The second kappa shape index (κ2) is 9.19. The van der Waals surface area contributed by atoms with Gasteiger partial charge in [0.1, 0.15) is 5.60 Å². The number of hydrogen-bond acceptors (Lipinski definition) is 5. The van der Waals surface area contributed by atoms with Gasteiger partial charge >= 0.3 is 6.09 Å². The highest BCUT2D eigenvalue weighted by molar-refractivity contribution is 5.94. The Bertz CT molecular complexity index is 657. The normalized spacial score (nSPS) is 18.3. The van der Waals surface area contributed by atoms with Crippen LogP contribution >= 0.6 is 0 Å². The maximum absolute atomic E-state index is 13.1. The van der Waals surface area contributed by atoms with Crippen LogP contribution in [0.1, 0.15) is 36.7 Å². The maximum Gasteiger partial charge on any atom is 0.407 e. The number of ether oxygens (including phenoxy) is 2. The molecule has 1 heterocycles. The lowest BCUT2D eigenvalue weighted by molar-refractivity contribution is 0.0403. The summed E-state index contributed by atoms with van der Waals surface area (Å²) in [5.41, 5.74) is 1.04. The van der Waals surface area contributed by atoms with E-state index in [1.54, 1.807) is 7.11 Å². The van der Waals surface area contributed by atoms with Crippen LogP contribution < -0.4 is 5.32 Å². The molecule has 2 amide bonds. The number of hydrogen-bond donors (Lipinski definition) is 1. The lowest BCUT2D eigenvalue weighted by Crippen LogP contribution is -2.58. The monoisotopic (exact) mass is 377 g/mol. The number of benzene rings is 1. The Morgan fingerprint density at radius 1 is 1.26 bits per heavy atom. The average Bonchev–Trinajstić information content (AvgIpc) is 2.58. The van der Waals surface area contributed by atoms with Crippen molar-refractivity contribution >= 4 is 12.0 Å². The number of likely N-dealkylation sites (N-methyl/N-ethyl adjacent to an activating group) is 1. The van der Waals surface area contributed by atoms with Gasteiger partial charge in [-0.2, -0.15) is 0 Å². The van der Waals surface area contributed by atoms with Crippen LogP contribution in [0.25, 0.3) is 0 Å². The molecule has 1 saturated heterocycles. The summed E-state index contributed by atoms with van der Waals surface area (Å²) >= 11 is 0. The third-order valence-electron chi connectivity index (χ3n) is 4.31. The van der Waals surface area contributed by atoms with Crippen molar-refractivity contribution in [2.45, 2.75) is 39.0 Å². The predicted octanol–water partition coefficient (Wildman–Crippen LogP) is 2.11. The van der Waals surface area contributed by atoms with Gasteiger partial charge in [0.05, 0.1) is 12.6 Å². The number of carbonyl (C=O) groups excluding carboxylic acids is 2. The van der Waals surface area contributed by atoms with Crippen LogP contribution in [0.5, 0.6) is 0 Å². The van der Waals surface area contributed by atoms with Gasteiger partial charge < -0.3 is 24.6 Å². The summed E-state index contributed by atoms with van der Waals surface area (Å²) in [4.78, 5) is 29.0. The van der Waals surface area contributed by atoms with Gasteiger partial charge in [0.25, 0.3) is 5.91 Å². The molecule has 0 saturated carbocycles. The van der Waals surface area contributed by atoms with E-state index >= 15 is 0 Å². The van der Waals surface area contributed by atoms with E-state index in [0.29, 0.717) is 31.8 Å². The molecule has 7 nitrogen and oxygen atoms in total. The number of rotatable bonds is 5. The van der Waals surface area contributed by atoms with Crippen LogP contribution in [0.4, 0.5) is 4.79 Å². The standard InChI is InChI=1S/C20H31N3O4/c1-20(2,3)27-19(25)21-12-17-13-22(4)9-10-23(17)18(24)16-8-6-7-15(11-16)14-26-5/h6-8,11,17H,9-10,12-14H2,1-5H3,(H,21,25)/t17-/m1/s1. The molecule has 0 aliphatic carbocycles. The molecule has 1 aliphatic heterocycles. The Hall–Kier alpha value is -2.12. The van der Waals surface area contributed by atoms with E-state index in [-0.39, 0.29) is 11.9 Å². The van der Waals surface area contributed by atoms with E-state index in [9.17, 15) is 9.59 Å². The van der Waals surface area contributed by atoms with E-state index < -0.39 is 11.7 Å². The Balaban J connectivity index is 2.07. The first-order chi connectivity index (χ1) is 12.7. The van der Waals surface area contributed by atoms with Crippen molar-refractivity contribution in [3.05, 3.63) is 35.4 Å². The molecule has 1 atom stereocenters. The van der Waals surface area contributed by atoms with Gasteiger partial charge in [-0.3, -0.25) is 4.79 Å². The van der Waals surface area contributed by atoms with Crippen molar-refractivity contribution in [3.8, 4) is 0 Å². The summed E-state index contributed by atoms with van der Waals surface area (Å²) < 4.78 is 10.5. The number of nitrogens with zero attached hydrogens (tertiary/aromatic N) is 2. The van der Waals surface area contributed by atoms with Gasteiger partial charge in [0, 0.05) is 38.9 Å². The van der Waals surface area contributed by atoms with E-state index in [0.717, 1.165) is 12.1 Å². The third-order valence-corrected chi connectivity index (χ3v) is 4.31. The van der Waals surface area contributed by atoms with E-state index in [1.165, 1.54) is 0 Å². The second-order valence-corrected chi connectivity index (χ2v) is 7.93. The fourth-order valence-corrected chi connectivity index (χ4v) is 3.09. The largest absolute Gasteiger partial charge is 0.444 e. The molecule has 150 valence electrons. The molecule has 1 N–H and O–H groups in total. The summed E-state index contributed by atoms with van der Waals surface area (Å²) in [6.45, 7) is 8.39. The Morgan fingerprint density at radius 3 is 2.67 bits per heavy atom. The fourth-order valence-electron chi connectivity index (χ4n) is 3.09. The zero-order valence-corrected chi connectivity index (χ0v) is 16.9. The molecule has 1 aliphatic rings. The minimum Gasteiger partial charge on any atom is -0.444 e. The molecule has 0 bridgehead atoms. The first kappa shape index (κ1) is 21.2. The van der Waals surface area contributed by atoms with Crippen molar-refractivity contribution in [2.75, 3.05) is 40.3 Å². The van der Waals surface area contributed by atoms with Crippen molar-refractivity contribution < 1.29 is 19.1 Å². The van der Waals surface area contributed by atoms with Gasteiger partial charge in [-0.15, -0.1) is 0 Å². The number of carbonyl (C=O) groups is 2. The molecule has 0 radical (unpaired) electrons. The van der Waals surface area contributed by atoms with Gasteiger partial charge in [-0.1, -0.05) is 12.1 Å². The van der Waals surface area contributed by atoms with Crippen LogP contribution in [0.15, 0.2) is 24.3 Å². The smallest absolute Gasteiger partial charge is 0.407 e. The van der Waals surface area contributed by atoms with Crippen LogP contribution in [0.3, 0.4) is 0 Å². The molecular weight excluding hydrogens is 346 g/mol. The highest BCUT2D eigenvalue weighted by Crippen LogP contribution is 2.15. The van der Waals surface area contributed by atoms with Crippen molar-refractivity contribution in [3.63, 3.8) is 0 Å². The third kappa shape index (κ3) is 6.52. The average molecular weight is 377 g/mol. The molecule has 0 aromatic heterocycles. The van der Waals surface area contributed by atoms with Crippen molar-refractivity contribution in [2.24, 2.45) is 0 Å². The quantitative estimate of drug-likeness (QED) is 0.851. The molecular formula is C20H31N3O4. The molecule has 7 heteroatoms. The lowest BCUT2D eigenvalue weighted by Gasteiger charge is -2.40. The Kier molecular flexibility index (Phi) is 7.21. The first-order valence-electron chi connectivity index (χ1n) is 9.24. The summed E-state index contributed by atoms with van der Waals surface area (Å²) in [7, 11) is 3.65. The summed E-state index contributed by atoms with van der Waals surface area (Å²) in [6.07, 6.45) is -0.467. The van der Waals surface area contributed by atoms with Gasteiger partial charge in [-0.25, -0.2) is 4.79 Å². The Morgan fingerprint density at radius 2 is 2.00 bits per heavy atom. The van der Waals surface area contributed by atoms with E-state index in [2.05, 4.69) is 10.2 Å². The van der Waals surface area contributed by atoms with Gasteiger partial charge in [0.15, 0.2) is 0 Å². The van der Waals surface area contributed by atoms with Crippen LogP contribution in [-0.2, 0) is 16.1 Å². The number of piperazine rings is 1. The first-order valence-corrected chi connectivity index (χ1v) is 9.24. The Labute approximate surface area is 161 Å². The number of alkyl carbamates (subject to hydrolysis) is 1. The summed E-state index contributed by atoms with van der Waals surface area (Å²) in [5, 5.41) is 2.80. The number of amides is 2. The second-order valence-electron chi connectivity index (χ2n) is 7.93. The predicted molar refractivity (Wildman–Crippen MR) is 104 cm³/mol. The van der Waals surface area contributed by atoms with Crippen molar-refractivity contribution in [1.29, 1.82) is 0 Å². The summed E-state index contributed by atoms with van der Waals surface area (Å²) in [5.74, 6) is -0.0305. The SMILES string of the molecule is COCc1cccc(C(=O)N2CCN(C)C[C@H]2CNC(=O)OC(C)(C)C)c1. The summed E-state index contributed by atoms with van der Waals surface area (Å²) in [6, 6.07) is 7.37. The van der Waals surface area contributed by atoms with Crippen LogP contribution in [0.2, 0.25) is 0 Å². The molecule has 0 spiro atoms. The molecule has 1 aromatic carbocycles. The molecule has 27 heavy (non-hydrogen) atoms. The molecule has 2 rings (SSSR count). The molecule has 0 unspecified atom stereocenters. The fraction of sp³-hybridized carbons (Fsp3) is 0.600. The van der Waals surface area contributed by atoms with Gasteiger partial charge in [0.2, 0.25) is 0 Å². The highest BCUT2D eigenvalue weighted by Gasteiger charge is 2.30. The van der Waals surface area contributed by atoms with Gasteiger partial charge in [-0.05, 0) is 45.5 Å². The topological polar surface area (TPSA) is 71.1 Å². The highest BCUT2D eigenvalue weighted by atomic mass is 16.6.